The second kappa shape index (κ2) is 9.37. The van der Waals surface area contributed by atoms with Crippen molar-refractivity contribution in [1.29, 1.82) is 5.26 Å². The Kier molecular flexibility index (Phi) is 5.80. The molecule has 1 amide bonds. The third-order valence-electron chi connectivity index (χ3n) is 5.43. The SMILES string of the molecule is Cc1c(C(=O)Nc2ccccn2)cn2ncc(C#N)c(Nc3ccc(Oc4ccccc4)cc3)c12. The van der Waals surface area contributed by atoms with Gasteiger partial charge in [0.05, 0.1) is 28.5 Å². The van der Waals surface area contributed by atoms with Crippen molar-refractivity contribution in [3.05, 3.63) is 108 Å². The molecule has 0 atom stereocenters. The number of carbonyl (C=O) groups excluding carboxylic acids is 1. The number of nitriles is 1. The van der Waals surface area contributed by atoms with E-state index in [1.54, 1.807) is 35.1 Å². The molecule has 0 aliphatic heterocycles. The van der Waals surface area contributed by atoms with Crippen LogP contribution in [0.5, 0.6) is 11.5 Å². The second-order valence-electron chi connectivity index (χ2n) is 7.74. The molecule has 5 aromatic rings. The van der Waals surface area contributed by atoms with Crippen molar-refractivity contribution in [1.82, 2.24) is 14.6 Å². The number of carbonyl (C=O) groups is 1. The molecule has 2 N–H and O–H groups in total. The van der Waals surface area contributed by atoms with Crippen LogP contribution in [0.25, 0.3) is 5.52 Å². The summed E-state index contributed by atoms with van der Waals surface area (Å²) in [7, 11) is 0. The molecule has 8 nitrogen and oxygen atoms in total. The van der Waals surface area contributed by atoms with E-state index >= 15 is 0 Å². The van der Waals surface area contributed by atoms with Gasteiger partial charge < -0.3 is 15.4 Å². The van der Waals surface area contributed by atoms with E-state index in [1.165, 1.54) is 6.20 Å². The van der Waals surface area contributed by atoms with E-state index in [1.807, 2.05) is 61.5 Å². The van der Waals surface area contributed by atoms with Crippen molar-refractivity contribution >= 4 is 28.6 Å². The summed E-state index contributed by atoms with van der Waals surface area (Å²) < 4.78 is 7.45. The maximum absolute atomic E-state index is 12.9. The average molecular weight is 460 g/mol. The zero-order valence-corrected chi connectivity index (χ0v) is 18.8. The quantitative estimate of drug-likeness (QED) is 0.337. The average Bonchev–Trinajstić information content (AvgIpc) is 3.23. The molecule has 0 spiro atoms. The lowest BCUT2D eigenvalue weighted by Gasteiger charge is -2.12. The number of pyridine rings is 1. The summed E-state index contributed by atoms with van der Waals surface area (Å²) in [6.07, 6.45) is 4.73. The first-order valence-electron chi connectivity index (χ1n) is 10.9. The van der Waals surface area contributed by atoms with Crippen LogP contribution in [0.1, 0.15) is 21.5 Å². The summed E-state index contributed by atoms with van der Waals surface area (Å²) in [4.78, 5) is 17.1. The second-order valence-corrected chi connectivity index (χ2v) is 7.74. The molecule has 0 aliphatic carbocycles. The number of aryl methyl sites for hydroxylation is 1. The lowest BCUT2D eigenvalue weighted by Crippen LogP contribution is -2.13. The predicted octanol–water partition coefficient (Wildman–Crippen LogP) is 5.70. The highest BCUT2D eigenvalue weighted by molar-refractivity contribution is 6.07. The molecule has 5 rings (SSSR count). The number of nitrogens with zero attached hydrogens (tertiary/aromatic N) is 4. The minimum atomic E-state index is -0.307. The van der Waals surface area contributed by atoms with Crippen LogP contribution in [0.15, 0.2) is 91.4 Å². The molecular formula is C27H20N6O2. The van der Waals surface area contributed by atoms with Gasteiger partial charge in [-0.2, -0.15) is 10.4 Å². The van der Waals surface area contributed by atoms with Crippen LogP contribution < -0.4 is 15.4 Å². The van der Waals surface area contributed by atoms with E-state index in [0.717, 1.165) is 11.4 Å². The van der Waals surface area contributed by atoms with E-state index in [2.05, 4.69) is 26.8 Å². The Balaban J connectivity index is 1.45. The van der Waals surface area contributed by atoms with Gasteiger partial charge in [-0.25, -0.2) is 9.50 Å². The van der Waals surface area contributed by atoms with Gasteiger partial charge in [0.15, 0.2) is 0 Å². The molecule has 3 aromatic heterocycles. The smallest absolute Gasteiger partial charge is 0.258 e. The number of amides is 1. The number of hydrogen-bond donors (Lipinski definition) is 2. The minimum absolute atomic E-state index is 0.307. The van der Waals surface area contributed by atoms with Gasteiger partial charge in [0.25, 0.3) is 5.91 Å². The number of hydrogen-bond acceptors (Lipinski definition) is 6. The third kappa shape index (κ3) is 4.51. The number of anilines is 3. The molecule has 0 fully saturated rings. The molecule has 0 saturated carbocycles. The molecule has 170 valence electrons. The molecule has 3 heterocycles. The maximum Gasteiger partial charge on any atom is 0.258 e. The highest BCUT2D eigenvalue weighted by Crippen LogP contribution is 2.31. The van der Waals surface area contributed by atoms with Crippen molar-refractivity contribution in [3.8, 4) is 17.6 Å². The fraction of sp³-hybridized carbons (Fsp3) is 0.0370. The Morgan fingerprint density at radius 3 is 2.46 bits per heavy atom. The number of para-hydroxylation sites is 1. The fourth-order valence-electron chi connectivity index (χ4n) is 3.72. The zero-order chi connectivity index (χ0) is 24.2. The Hall–Kier alpha value is -5.16. The standard InChI is InChI=1S/C27H20N6O2/c1-18-23(27(34)32-24-9-5-6-14-29-24)17-33-26(18)25(19(15-28)16-30-33)31-20-10-12-22(13-11-20)35-21-7-3-2-4-8-21/h2-14,16-17,31H,1H3,(H,29,32,34). The first-order valence-corrected chi connectivity index (χ1v) is 10.9. The lowest BCUT2D eigenvalue weighted by molar-refractivity contribution is 0.102. The Morgan fingerprint density at radius 1 is 1.00 bits per heavy atom. The largest absolute Gasteiger partial charge is 0.457 e. The van der Waals surface area contributed by atoms with Crippen LogP contribution in [0.4, 0.5) is 17.2 Å². The number of aromatic nitrogens is 3. The van der Waals surface area contributed by atoms with Crippen molar-refractivity contribution in [2.24, 2.45) is 0 Å². The molecule has 0 bridgehead atoms. The van der Waals surface area contributed by atoms with Crippen LogP contribution >= 0.6 is 0 Å². The summed E-state index contributed by atoms with van der Waals surface area (Å²) in [5.41, 5.74) is 3.45. The summed E-state index contributed by atoms with van der Waals surface area (Å²) >= 11 is 0. The summed E-state index contributed by atoms with van der Waals surface area (Å²) in [6.45, 7) is 1.83. The van der Waals surface area contributed by atoms with Crippen LogP contribution in [0, 0.1) is 18.3 Å². The van der Waals surface area contributed by atoms with Crippen molar-refractivity contribution < 1.29 is 9.53 Å². The molecule has 8 heteroatoms. The van der Waals surface area contributed by atoms with E-state index in [0.29, 0.717) is 39.5 Å². The number of nitrogens with one attached hydrogen (secondary N) is 2. The Bertz CT molecular complexity index is 1540. The summed E-state index contributed by atoms with van der Waals surface area (Å²) in [6, 6.07) is 24.4. The minimum Gasteiger partial charge on any atom is -0.457 e. The van der Waals surface area contributed by atoms with E-state index in [4.69, 9.17) is 4.74 Å². The van der Waals surface area contributed by atoms with Crippen molar-refractivity contribution in [2.75, 3.05) is 10.6 Å². The Morgan fingerprint density at radius 2 is 1.74 bits per heavy atom. The van der Waals surface area contributed by atoms with Gasteiger partial charge in [-0.05, 0) is 61.0 Å². The predicted molar refractivity (Wildman–Crippen MR) is 133 cm³/mol. The van der Waals surface area contributed by atoms with Crippen LogP contribution in [0.3, 0.4) is 0 Å². The van der Waals surface area contributed by atoms with E-state index < -0.39 is 0 Å². The number of benzene rings is 2. The van der Waals surface area contributed by atoms with E-state index in [9.17, 15) is 10.1 Å². The van der Waals surface area contributed by atoms with Gasteiger partial charge in [-0.1, -0.05) is 24.3 Å². The molecular weight excluding hydrogens is 440 g/mol. The van der Waals surface area contributed by atoms with Gasteiger partial charge in [0.2, 0.25) is 0 Å². The molecule has 0 unspecified atom stereocenters. The number of rotatable bonds is 6. The van der Waals surface area contributed by atoms with Crippen LogP contribution in [-0.2, 0) is 0 Å². The molecule has 0 aliphatic rings. The molecule has 35 heavy (non-hydrogen) atoms. The van der Waals surface area contributed by atoms with Gasteiger partial charge in [0, 0.05) is 18.1 Å². The normalized spacial score (nSPS) is 10.5. The van der Waals surface area contributed by atoms with E-state index in [-0.39, 0.29) is 5.91 Å². The van der Waals surface area contributed by atoms with Gasteiger partial charge in [-0.15, -0.1) is 0 Å². The third-order valence-corrected chi connectivity index (χ3v) is 5.43. The molecule has 2 aromatic carbocycles. The topological polar surface area (TPSA) is 104 Å². The number of fused-ring (bicyclic) bond motifs is 1. The fourth-order valence-corrected chi connectivity index (χ4v) is 3.72. The monoisotopic (exact) mass is 460 g/mol. The van der Waals surface area contributed by atoms with Gasteiger partial charge in [-0.3, -0.25) is 4.79 Å². The lowest BCUT2D eigenvalue weighted by atomic mass is 10.1. The first kappa shape index (κ1) is 21.7. The molecule has 0 saturated heterocycles. The summed E-state index contributed by atoms with van der Waals surface area (Å²) in [5, 5.41) is 20.2. The van der Waals surface area contributed by atoms with Crippen molar-refractivity contribution in [3.63, 3.8) is 0 Å². The van der Waals surface area contributed by atoms with Crippen LogP contribution in [0.2, 0.25) is 0 Å². The molecule has 0 radical (unpaired) electrons. The first-order chi connectivity index (χ1) is 17.1. The maximum atomic E-state index is 12.9. The number of ether oxygens (including phenoxy) is 1. The summed E-state index contributed by atoms with van der Waals surface area (Å²) in [5.74, 6) is 1.58. The van der Waals surface area contributed by atoms with Crippen LogP contribution in [-0.4, -0.2) is 20.5 Å². The van der Waals surface area contributed by atoms with Crippen molar-refractivity contribution in [2.45, 2.75) is 6.92 Å². The Labute approximate surface area is 201 Å². The highest BCUT2D eigenvalue weighted by atomic mass is 16.5. The zero-order valence-electron chi connectivity index (χ0n) is 18.8. The van der Waals surface area contributed by atoms with Gasteiger partial charge in [0.1, 0.15) is 23.4 Å². The highest BCUT2D eigenvalue weighted by Gasteiger charge is 2.20. The van der Waals surface area contributed by atoms with Gasteiger partial charge >= 0.3 is 0 Å².